The molecule has 1 aliphatic heterocycles. The van der Waals surface area contributed by atoms with Crippen molar-refractivity contribution in [2.24, 2.45) is 0 Å². The maximum Gasteiger partial charge on any atom is 0.242 e. The summed E-state index contributed by atoms with van der Waals surface area (Å²) in [7, 11) is -3.51. The largest absolute Gasteiger partial charge is 0.313 e. The van der Waals surface area contributed by atoms with E-state index in [-0.39, 0.29) is 10.9 Å². The average Bonchev–Trinajstić information content (AvgIpc) is 2.79. The molecule has 0 bridgehead atoms. The second-order valence-corrected chi connectivity index (χ2v) is 6.19. The monoisotopic (exact) mass is 275 g/mol. The third kappa shape index (κ3) is 3.38. The van der Waals surface area contributed by atoms with Gasteiger partial charge in [0.25, 0.3) is 0 Å². The van der Waals surface area contributed by atoms with Gasteiger partial charge in [-0.25, -0.2) is 13.1 Å². The van der Waals surface area contributed by atoms with Crippen LogP contribution in [0, 0.1) is 0 Å². The van der Waals surface area contributed by atoms with E-state index < -0.39 is 10.0 Å². The SMILES string of the molecule is O=S(=O)(NCC1CCCN1)c1cncc(Cl)c1. The van der Waals surface area contributed by atoms with E-state index in [2.05, 4.69) is 15.0 Å². The summed E-state index contributed by atoms with van der Waals surface area (Å²) in [5.41, 5.74) is 0. The molecule has 2 heterocycles. The van der Waals surface area contributed by atoms with Crippen molar-refractivity contribution in [1.29, 1.82) is 0 Å². The fourth-order valence-electron chi connectivity index (χ4n) is 1.76. The molecule has 1 aliphatic rings. The van der Waals surface area contributed by atoms with E-state index in [0.29, 0.717) is 11.6 Å². The van der Waals surface area contributed by atoms with Gasteiger partial charge in [-0.2, -0.15) is 0 Å². The molecule has 1 aromatic rings. The Labute approximate surface area is 106 Å². The number of nitrogens with one attached hydrogen (secondary N) is 2. The van der Waals surface area contributed by atoms with Crippen molar-refractivity contribution in [3.63, 3.8) is 0 Å². The number of hydrogen-bond donors (Lipinski definition) is 2. The first-order valence-electron chi connectivity index (χ1n) is 5.41. The lowest BCUT2D eigenvalue weighted by atomic mass is 10.2. The van der Waals surface area contributed by atoms with Crippen LogP contribution in [0.5, 0.6) is 0 Å². The Balaban J connectivity index is 2.03. The molecule has 0 amide bonds. The predicted octanol–water partition coefficient (Wildman–Crippen LogP) is 0.765. The molecular weight excluding hydrogens is 262 g/mol. The number of halogens is 1. The Bertz CT molecular complexity index is 486. The Kier molecular flexibility index (Phi) is 3.98. The zero-order chi connectivity index (χ0) is 12.3. The van der Waals surface area contributed by atoms with E-state index in [1.165, 1.54) is 18.5 Å². The van der Waals surface area contributed by atoms with Crippen molar-refractivity contribution in [3.8, 4) is 0 Å². The Hall–Kier alpha value is -0.690. The molecule has 0 radical (unpaired) electrons. The first-order valence-corrected chi connectivity index (χ1v) is 7.28. The number of rotatable bonds is 4. The quantitative estimate of drug-likeness (QED) is 0.851. The summed E-state index contributed by atoms with van der Waals surface area (Å²) < 4.78 is 26.4. The van der Waals surface area contributed by atoms with Gasteiger partial charge in [0.2, 0.25) is 10.0 Å². The van der Waals surface area contributed by atoms with Gasteiger partial charge in [0.1, 0.15) is 4.90 Å². The molecule has 0 aliphatic carbocycles. The molecule has 94 valence electrons. The highest BCUT2D eigenvalue weighted by molar-refractivity contribution is 7.89. The van der Waals surface area contributed by atoms with E-state index in [0.717, 1.165) is 19.4 Å². The fourth-order valence-corrected chi connectivity index (χ4v) is 3.07. The van der Waals surface area contributed by atoms with Crippen molar-refractivity contribution in [3.05, 3.63) is 23.5 Å². The Morgan fingerprint density at radius 1 is 1.53 bits per heavy atom. The molecular formula is C10H14ClN3O2S. The summed E-state index contributed by atoms with van der Waals surface area (Å²) in [5.74, 6) is 0. The number of nitrogens with zero attached hydrogens (tertiary/aromatic N) is 1. The molecule has 0 aromatic carbocycles. The van der Waals surface area contributed by atoms with E-state index in [1.807, 2.05) is 0 Å². The molecule has 1 saturated heterocycles. The first kappa shape index (κ1) is 12.8. The minimum Gasteiger partial charge on any atom is -0.313 e. The van der Waals surface area contributed by atoms with E-state index in [4.69, 9.17) is 11.6 Å². The van der Waals surface area contributed by atoms with Crippen LogP contribution in [-0.2, 0) is 10.0 Å². The van der Waals surface area contributed by atoms with Gasteiger partial charge in [-0.1, -0.05) is 11.6 Å². The minimum absolute atomic E-state index is 0.1000. The molecule has 0 spiro atoms. The molecule has 1 unspecified atom stereocenters. The summed E-state index contributed by atoms with van der Waals surface area (Å²) in [6.45, 7) is 1.35. The summed E-state index contributed by atoms with van der Waals surface area (Å²) in [6.07, 6.45) is 4.77. The molecule has 2 N–H and O–H groups in total. The molecule has 1 atom stereocenters. The third-order valence-corrected chi connectivity index (χ3v) is 4.27. The lowest BCUT2D eigenvalue weighted by Gasteiger charge is -2.11. The molecule has 2 rings (SSSR count). The van der Waals surface area contributed by atoms with Crippen LogP contribution < -0.4 is 10.0 Å². The van der Waals surface area contributed by atoms with Gasteiger partial charge in [-0.05, 0) is 25.5 Å². The third-order valence-electron chi connectivity index (χ3n) is 2.67. The van der Waals surface area contributed by atoms with Gasteiger partial charge >= 0.3 is 0 Å². The zero-order valence-electron chi connectivity index (χ0n) is 9.19. The number of sulfonamides is 1. The van der Waals surface area contributed by atoms with Crippen LogP contribution in [0.2, 0.25) is 5.02 Å². The van der Waals surface area contributed by atoms with Gasteiger partial charge in [0.15, 0.2) is 0 Å². The normalized spacial score (nSPS) is 20.6. The van der Waals surface area contributed by atoms with Crippen LogP contribution in [0.4, 0.5) is 0 Å². The van der Waals surface area contributed by atoms with Crippen molar-refractivity contribution in [1.82, 2.24) is 15.0 Å². The lowest BCUT2D eigenvalue weighted by molar-refractivity contribution is 0.551. The summed E-state index contributed by atoms with van der Waals surface area (Å²) >= 11 is 5.71. The molecule has 0 saturated carbocycles. The van der Waals surface area contributed by atoms with Crippen molar-refractivity contribution < 1.29 is 8.42 Å². The fraction of sp³-hybridized carbons (Fsp3) is 0.500. The van der Waals surface area contributed by atoms with Crippen LogP contribution in [0.3, 0.4) is 0 Å². The van der Waals surface area contributed by atoms with Gasteiger partial charge in [-0.3, -0.25) is 4.98 Å². The van der Waals surface area contributed by atoms with E-state index in [9.17, 15) is 8.42 Å². The maximum absolute atomic E-state index is 11.9. The topological polar surface area (TPSA) is 71.1 Å². The lowest BCUT2D eigenvalue weighted by Crippen LogP contribution is -2.37. The van der Waals surface area contributed by atoms with Crippen molar-refractivity contribution in [2.45, 2.75) is 23.8 Å². The zero-order valence-corrected chi connectivity index (χ0v) is 10.8. The second kappa shape index (κ2) is 5.30. The van der Waals surface area contributed by atoms with Gasteiger partial charge < -0.3 is 5.32 Å². The number of aromatic nitrogens is 1. The van der Waals surface area contributed by atoms with Crippen LogP contribution in [0.25, 0.3) is 0 Å². The summed E-state index contributed by atoms with van der Waals surface area (Å²) in [5, 5.41) is 3.54. The highest BCUT2D eigenvalue weighted by atomic mass is 35.5. The van der Waals surface area contributed by atoms with Crippen LogP contribution in [0.15, 0.2) is 23.4 Å². The predicted molar refractivity (Wildman–Crippen MR) is 65.5 cm³/mol. The molecule has 1 aromatic heterocycles. The summed E-state index contributed by atoms with van der Waals surface area (Å²) in [6, 6.07) is 1.61. The second-order valence-electron chi connectivity index (χ2n) is 3.98. The smallest absolute Gasteiger partial charge is 0.242 e. The van der Waals surface area contributed by atoms with Gasteiger partial charge in [-0.15, -0.1) is 0 Å². The number of pyridine rings is 1. The van der Waals surface area contributed by atoms with Crippen LogP contribution >= 0.6 is 11.6 Å². The van der Waals surface area contributed by atoms with E-state index in [1.54, 1.807) is 0 Å². The minimum atomic E-state index is -3.51. The van der Waals surface area contributed by atoms with Gasteiger partial charge in [0.05, 0.1) is 5.02 Å². The molecule has 5 nitrogen and oxygen atoms in total. The summed E-state index contributed by atoms with van der Waals surface area (Å²) in [4.78, 5) is 3.86. The highest BCUT2D eigenvalue weighted by Gasteiger charge is 2.19. The van der Waals surface area contributed by atoms with Crippen molar-refractivity contribution >= 4 is 21.6 Å². The molecule has 7 heteroatoms. The van der Waals surface area contributed by atoms with E-state index >= 15 is 0 Å². The van der Waals surface area contributed by atoms with Crippen LogP contribution in [-0.4, -0.2) is 32.5 Å². The highest BCUT2D eigenvalue weighted by Crippen LogP contribution is 2.13. The Morgan fingerprint density at radius 3 is 3.00 bits per heavy atom. The standard InChI is InChI=1S/C10H14ClN3O2S/c11-8-4-10(7-12-5-8)17(15,16)14-6-9-2-1-3-13-9/h4-5,7,9,13-14H,1-3,6H2. The average molecular weight is 276 g/mol. The van der Waals surface area contributed by atoms with Gasteiger partial charge in [0, 0.05) is 25.0 Å². The van der Waals surface area contributed by atoms with Crippen molar-refractivity contribution in [2.75, 3.05) is 13.1 Å². The Morgan fingerprint density at radius 2 is 2.35 bits per heavy atom. The first-order chi connectivity index (χ1) is 8.08. The molecule has 1 fully saturated rings. The number of hydrogen-bond acceptors (Lipinski definition) is 4. The maximum atomic E-state index is 11.9. The molecule has 17 heavy (non-hydrogen) atoms. The van der Waals surface area contributed by atoms with Crippen LogP contribution in [0.1, 0.15) is 12.8 Å².